The molecule has 1 aromatic carbocycles. The first kappa shape index (κ1) is 12.0. The van der Waals surface area contributed by atoms with E-state index in [1.54, 1.807) is 18.2 Å². The van der Waals surface area contributed by atoms with E-state index in [2.05, 4.69) is 4.90 Å². The third-order valence-corrected chi connectivity index (χ3v) is 3.18. The van der Waals surface area contributed by atoms with Gasteiger partial charge < -0.3 is 10.0 Å². The summed E-state index contributed by atoms with van der Waals surface area (Å²) in [7, 11) is 0. The highest BCUT2D eigenvalue weighted by Crippen LogP contribution is 2.20. The van der Waals surface area contributed by atoms with Crippen LogP contribution in [0.5, 0.6) is 0 Å². The molecule has 1 N–H and O–H groups in total. The van der Waals surface area contributed by atoms with Crippen molar-refractivity contribution in [1.82, 2.24) is 4.90 Å². The molecular weight excluding hydrogens is 220 g/mol. The number of likely N-dealkylation sites (tertiary alicyclic amines) is 1. The number of hydrogen-bond donors (Lipinski definition) is 1. The number of nitro groups is 1. The van der Waals surface area contributed by atoms with Crippen LogP contribution in [0.15, 0.2) is 24.3 Å². The Morgan fingerprint density at radius 2 is 2.12 bits per heavy atom. The van der Waals surface area contributed by atoms with Crippen molar-refractivity contribution in [2.75, 3.05) is 26.2 Å². The minimum atomic E-state index is -0.331. The summed E-state index contributed by atoms with van der Waals surface area (Å²) < 4.78 is 0. The minimum Gasteiger partial charge on any atom is -0.396 e. The molecule has 0 spiro atoms. The molecule has 0 saturated carbocycles. The fraction of sp³-hybridized carbons (Fsp3) is 0.500. The van der Waals surface area contributed by atoms with Crippen molar-refractivity contribution >= 4 is 5.69 Å². The summed E-state index contributed by atoms with van der Waals surface area (Å²) in [6.45, 7) is 2.86. The van der Waals surface area contributed by atoms with Crippen LogP contribution in [0.1, 0.15) is 5.56 Å². The second-order valence-corrected chi connectivity index (χ2v) is 4.44. The lowest BCUT2D eigenvalue weighted by Crippen LogP contribution is -2.48. The van der Waals surface area contributed by atoms with Crippen LogP contribution in [-0.4, -0.2) is 41.2 Å². The molecular formula is C12H16N2O3. The van der Waals surface area contributed by atoms with Crippen LogP contribution in [0.3, 0.4) is 0 Å². The largest absolute Gasteiger partial charge is 0.396 e. The van der Waals surface area contributed by atoms with Crippen LogP contribution in [0.2, 0.25) is 0 Å². The van der Waals surface area contributed by atoms with E-state index < -0.39 is 0 Å². The Kier molecular flexibility index (Phi) is 3.71. The van der Waals surface area contributed by atoms with E-state index in [0.717, 1.165) is 25.2 Å². The molecule has 0 radical (unpaired) electrons. The zero-order valence-corrected chi connectivity index (χ0v) is 9.58. The lowest BCUT2D eigenvalue weighted by Gasteiger charge is -2.38. The number of rotatable bonds is 5. The summed E-state index contributed by atoms with van der Waals surface area (Å²) in [5.41, 5.74) is 0.983. The Bertz CT molecular complexity index is 402. The van der Waals surface area contributed by atoms with Gasteiger partial charge in [0, 0.05) is 43.8 Å². The molecule has 2 rings (SSSR count). The molecule has 1 aliphatic rings. The van der Waals surface area contributed by atoms with Crippen molar-refractivity contribution in [3.63, 3.8) is 0 Å². The van der Waals surface area contributed by atoms with Crippen molar-refractivity contribution in [2.45, 2.75) is 6.42 Å². The molecule has 1 heterocycles. The molecule has 0 atom stereocenters. The summed E-state index contributed by atoms with van der Waals surface area (Å²) in [5.74, 6) is 0.390. The van der Waals surface area contributed by atoms with Crippen LogP contribution in [-0.2, 0) is 6.42 Å². The maximum atomic E-state index is 10.8. The standard InChI is InChI=1S/C12H16N2O3/c15-9-10-7-13(8-10)6-5-11-3-1-2-4-12(11)14(16)17/h1-4,10,15H,5-9H2. The molecule has 17 heavy (non-hydrogen) atoms. The molecule has 92 valence electrons. The van der Waals surface area contributed by atoms with Gasteiger partial charge in [-0.1, -0.05) is 18.2 Å². The molecule has 0 bridgehead atoms. The maximum absolute atomic E-state index is 10.8. The smallest absolute Gasteiger partial charge is 0.272 e. The Labute approximate surface area is 99.8 Å². The first-order valence-electron chi connectivity index (χ1n) is 5.76. The molecule has 5 heteroatoms. The van der Waals surface area contributed by atoms with Crippen LogP contribution in [0, 0.1) is 16.0 Å². The average Bonchev–Trinajstić information content (AvgIpc) is 2.27. The highest BCUT2D eigenvalue weighted by atomic mass is 16.6. The number of aliphatic hydroxyl groups is 1. The number of nitrogens with zero attached hydrogens (tertiary/aromatic N) is 2. The number of benzene rings is 1. The van der Waals surface area contributed by atoms with Crippen molar-refractivity contribution in [3.8, 4) is 0 Å². The first-order valence-corrected chi connectivity index (χ1v) is 5.76. The number of hydrogen-bond acceptors (Lipinski definition) is 4. The summed E-state index contributed by atoms with van der Waals surface area (Å²) in [5, 5.41) is 19.7. The van der Waals surface area contributed by atoms with Gasteiger partial charge in [-0.15, -0.1) is 0 Å². The van der Waals surface area contributed by atoms with Crippen molar-refractivity contribution < 1.29 is 10.0 Å². The molecule has 0 aliphatic carbocycles. The number of para-hydroxylation sites is 1. The predicted octanol–water partition coefficient (Wildman–Crippen LogP) is 1.06. The van der Waals surface area contributed by atoms with Crippen molar-refractivity contribution in [2.24, 2.45) is 5.92 Å². The minimum absolute atomic E-state index is 0.201. The third kappa shape index (κ3) is 2.81. The number of aliphatic hydroxyl groups excluding tert-OH is 1. The summed E-state index contributed by atoms with van der Waals surface area (Å²) >= 11 is 0. The molecule has 1 saturated heterocycles. The van der Waals surface area contributed by atoms with Crippen molar-refractivity contribution in [3.05, 3.63) is 39.9 Å². The summed E-state index contributed by atoms with van der Waals surface area (Å²) in [6, 6.07) is 6.87. The average molecular weight is 236 g/mol. The zero-order chi connectivity index (χ0) is 12.3. The van der Waals surface area contributed by atoms with Crippen molar-refractivity contribution in [1.29, 1.82) is 0 Å². The third-order valence-electron chi connectivity index (χ3n) is 3.18. The highest BCUT2D eigenvalue weighted by Gasteiger charge is 2.25. The van der Waals surface area contributed by atoms with Gasteiger partial charge in [-0.2, -0.15) is 0 Å². The van der Waals surface area contributed by atoms with E-state index in [1.165, 1.54) is 0 Å². The molecule has 0 amide bonds. The molecule has 1 aliphatic heterocycles. The maximum Gasteiger partial charge on any atom is 0.272 e. The summed E-state index contributed by atoms with van der Waals surface area (Å²) in [6.07, 6.45) is 0.690. The van der Waals surface area contributed by atoms with Gasteiger partial charge in [-0.25, -0.2) is 0 Å². The number of nitro benzene ring substituents is 1. The lowest BCUT2D eigenvalue weighted by atomic mass is 10.0. The van der Waals surface area contributed by atoms with Crippen LogP contribution < -0.4 is 0 Å². The predicted molar refractivity (Wildman–Crippen MR) is 63.8 cm³/mol. The van der Waals surface area contributed by atoms with Crippen LogP contribution in [0.25, 0.3) is 0 Å². The van der Waals surface area contributed by atoms with E-state index >= 15 is 0 Å². The lowest BCUT2D eigenvalue weighted by molar-refractivity contribution is -0.385. The van der Waals surface area contributed by atoms with E-state index in [-0.39, 0.29) is 17.2 Å². The fourth-order valence-corrected chi connectivity index (χ4v) is 2.15. The van der Waals surface area contributed by atoms with Gasteiger partial charge in [-0.3, -0.25) is 10.1 Å². The molecule has 0 unspecified atom stereocenters. The topological polar surface area (TPSA) is 66.6 Å². The Balaban J connectivity index is 1.89. The Morgan fingerprint density at radius 1 is 1.41 bits per heavy atom. The molecule has 1 aromatic rings. The Hall–Kier alpha value is -1.46. The molecule has 5 nitrogen and oxygen atoms in total. The van der Waals surface area contributed by atoms with E-state index in [1.807, 2.05) is 6.07 Å². The molecule has 0 aromatic heterocycles. The second-order valence-electron chi connectivity index (χ2n) is 4.44. The SMILES string of the molecule is O=[N+]([O-])c1ccccc1CCN1CC(CO)C1. The van der Waals surface area contributed by atoms with E-state index in [9.17, 15) is 10.1 Å². The van der Waals surface area contributed by atoms with Crippen LogP contribution >= 0.6 is 0 Å². The van der Waals surface area contributed by atoms with Gasteiger partial charge in [0.1, 0.15) is 0 Å². The molecule has 1 fully saturated rings. The normalized spacial score (nSPS) is 16.8. The van der Waals surface area contributed by atoms with Gasteiger partial charge in [0.25, 0.3) is 5.69 Å². The summed E-state index contributed by atoms with van der Waals surface area (Å²) in [4.78, 5) is 12.7. The van der Waals surface area contributed by atoms with Gasteiger partial charge in [0.2, 0.25) is 0 Å². The highest BCUT2D eigenvalue weighted by molar-refractivity contribution is 5.39. The fourth-order valence-electron chi connectivity index (χ4n) is 2.15. The van der Waals surface area contributed by atoms with E-state index in [4.69, 9.17) is 5.11 Å². The second kappa shape index (κ2) is 5.25. The van der Waals surface area contributed by atoms with Crippen LogP contribution in [0.4, 0.5) is 5.69 Å². The van der Waals surface area contributed by atoms with Gasteiger partial charge in [0.05, 0.1) is 4.92 Å². The quantitative estimate of drug-likeness (QED) is 0.613. The monoisotopic (exact) mass is 236 g/mol. The Morgan fingerprint density at radius 3 is 2.76 bits per heavy atom. The van der Waals surface area contributed by atoms with Gasteiger partial charge >= 0.3 is 0 Å². The zero-order valence-electron chi connectivity index (χ0n) is 9.58. The van der Waals surface area contributed by atoms with E-state index in [0.29, 0.717) is 12.3 Å². The van der Waals surface area contributed by atoms with Gasteiger partial charge in [-0.05, 0) is 6.42 Å². The first-order chi connectivity index (χ1) is 8.20. The van der Waals surface area contributed by atoms with Gasteiger partial charge in [0.15, 0.2) is 0 Å².